The van der Waals surface area contributed by atoms with Crippen LogP contribution in [0.25, 0.3) is 0 Å². The molecule has 0 amide bonds. The molecule has 4 aliphatic rings. The zero-order valence-electron chi connectivity index (χ0n) is 28.3. The zero-order valence-corrected chi connectivity index (χ0v) is 28.3. The van der Waals surface area contributed by atoms with Gasteiger partial charge in [0.25, 0.3) is 0 Å². The minimum absolute atomic E-state index is 0.0383. The summed E-state index contributed by atoms with van der Waals surface area (Å²) in [5.74, 6) is 0.905. The van der Waals surface area contributed by atoms with Crippen LogP contribution < -0.4 is 0 Å². The number of ether oxygens (including phenoxy) is 2. The molecule has 0 aromatic heterocycles. The molecule has 5 rings (SSSR count). The maximum Gasteiger partial charge on any atom is 0.142 e. The first kappa shape index (κ1) is 33.2. The number of nitrogens with zero attached hydrogens (tertiary/aromatic N) is 1. The second-order valence-corrected chi connectivity index (χ2v) is 15.1. The van der Waals surface area contributed by atoms with Gasteiger partial charge in [0.2, 0.25) is 0 Å². The van der Waals surface area contributed by atoms with Crippen molar-refractivity contribution >= 4 is 0 Å². The van der Waals surface area contributed by atoms with Crippen LogP contribution in [0.15, 0.2) is 42.5 Å². The molecular formula is C39H63NO3. The van der Waals surface area contributed by atoms with Gasteiger partial charge < -0.3 is 9.47 Å². The van der Waals surface area contributed by atoms with Gasteiger partial charge in [-0.3, -0.25) is 4.84 Å². The lowest BCUT2D eigenvalue weighted by molar-refractivity contribution is -0.202. The van der Waals surface area contributed by atoms with Gasteiger partial charge in [0.05, 0.1) is 31.0 Å². The second-order valence-electron chi connectivity index (χ2n) is 15.1. The molecule has 0 N–H and O–H groups in total. The van der Waals surface area contributed by atoms with Crippen molar-refractivity contribution in [1.82, 2.24) is 5.06 Å². The van der Waals surface area contributed by atoms with E-state index < -0.39 is 0 Å². The molecule has 2 heterocycles. The number of hydroxylamine groups is 2. The molecular weight excluding hydrogens is 530 g/mol. The Kier molecular flexibility index (Phi) is 11.9. The number of unbranched alkanes of at least 4 members (excludes halogenated alkanes) is 10. The van der Waals surface area contributed by atoms with Crippen molar-refractivity contribution in [2.24, 2.45) is 22.7 Å². The van der Waals surface area contributed by atoms with Crippen LogP contribution in [-0.2, 0) is 20.9 Å². The van der Waals surface area contributed by atoms with Crippen molar-refractivity contribution < 1.29 is 14.3 Å². The molecule has 1 aromatic carbocycles. The van der Waals surface area contributed by atoms with Crippen LogP contribution in [0.1, 0.15) is 143 Å². The number of hydrogen-bond donors (Lipinski definition) is 0. The Hall–Kier alpha value is -1.20. The van der Waals surface area contributed by atoms with Crippen molar-refractivity contribution in [2.45, 2.75) is 175 Å². The fourth-order valence-electron chi connectivity index (χ4n) is 8.97. The lowest BCUT2D eigenvalue weighted by Crippen LogP contribution is -2.42. The molecule has 4 heteroatoms. The molecule has 1 aromatic rings. The average Bonchev–Trinajstić information content (AvgIpc) is 3.65. The van der Waals surface area contributed by atoms with Gasteiger partial charge >= 0.3 is 0 Å². The van der Waals surface area contributed by atoms with Crippen LogP contribution in [0.5, 0.6) is 0 Å². The fraction of sp³-hybridized carbons (Fsp3) is 0.795. The van der Waals surface area contributed by atoms with Gasteiger partial charge in [-0.25, -0.2) is 0 Å². The summed E-state index contributed by atoms with van der Waals surface area (Å²) >= 11 is 0. The molecule has 0 unspecified atom stereocenters. The normalized spacial score (nSPS) is 33.4. The Morgan fingerprint density at radius 3 is 2.35 bits per heavy atom. The van der Waals surface area contributed by atoms with E-state index in [2.05, 4.69) is 82.2 Å². The molecule has 0 spiro atoms. The van der Waals surface area contributed by atoms with Crippen molar-refractivity contribution in [3.63, 3.8) is 0 Å². The fourth-order valence-corrected chi connectivity index (χ4v) is 8.97. The maximum atomic E-state index is 7.06. The highest BCUT2D eigenvalue weighted by Crippen LogP contribution is 2.70. The smallest absolute Gasteiger partial charge is 0.142 e. The summed E-state index contributed by atoms with van der Waals surface area (Å²) in [6.45, 7) is 12.7. The van der Waals surface area contributed by atoms with E-state index in [9.17, 15) is 0 Å². The minimum Gasteiger partial charge on any atom is -0.373 e. The van der Waals surface area contributed by atoms with E-state index in [1.165, 1.54) is 89.0 Å². The van der Waals surface area contributed by atoms with Gasteiger partial charge in [-0.05, 0) is 42.6 Å². The number of benzene rings is 1. The Bertz CT molecular complexity index is 993. The number of hydrogen-bond acceptors (Lipinski definition) is 4. The SMILES string of the molecule is CCCC/C=C\[C@H]1[C@H](C[C@@H](CCCCCCCCCCC)OCc2ccccc2)ON2[C@@H]3[C@H]4CC[C@@](C)([C@@H]3O[C@@H]12)C4(C)C. The van der Waals surface area contributed by atoms with Crippen molar-refractivity contribution in [3.8, 4) is 0 Å². The Balaban J connectivity index is 1.23. The van der Waals surface area contributed by atoms with Gasteiger partial charge in [-0.2, -0.15) is 5.06 Å². The highest BCUT2D eigenvalue weighted by atomic mass is 16.8. The van der Waals surface area contributed by atoms with Crippen LogP contribution in [0.2, 0.25) is 0 Å². The highest BCUT2D eigenvalue weighted by molar-refractivity contribution is 5.21. The minimum atomic E-state index is 0.0383. The van der Waals surface area contributed by atoms with E-state index in [0.29, 0.717) is 24.0 Å². The molecule has 4 nitrogen and oxygen atoms in total. The largest absolute Gasteiger partial charge is 0.373 e. The Morgan fingerprint density at radius 1 is 0.930 bits per heavy atom. The second kappa shape index (κ2) is 15.4. The van der Waals surface area contributed by atoms with Crippen molar-refractivity contribution in [1.29, 1.82) is 0 Å². The predicted octanol–water partition coefficient (Wildman–Crippen LogP) is 10.4. The average molecular weight is 594 g/mol. The third kappa shape index (κ3) is 7.29. The van der Waals surface area contributed by atoms with Gasteiger partial charge in [0.1, 0.15) is 6.23 Å². The van der Waals surface area contributed by atoms with E-state index in [0.717, 1.165) is 19.3 Å². The van der Waals surface area contributed by atoms with Gasteiger partial charge in [0, 0.05) is 17.8 Å². The summed E-state index contributed by atoms with van der Waals surface area (Å²) in [5.41, 5.74) is 1.78. The molecule has 2 bridgehead atoms. The quantitative estimate of drug-likeness (QED) is 0.118. The Labute approximate surface area is 264 Å². The van der Waals surface area contributed by atoms with Gasteiger partial charge in [-0.1, -0.05) is 148 Å². The first-order valence-electron chi connectivity index (χ1n) is 18.3. The molecule has 4 fully saturated rings. The van der Waals surface area contributed by atoms with Crippen LogP contribution in [0.3, 0.4) is 0 Å². The van der Waals surface area contributed by atoms with Crippen LogP contribution in [0, 0.1) is 22.7 Å². The van der Waals surface area contributed by atoms with Crippen LogP contribution >= 0.6 is 0 Å². The molecule has 0 radical (unpaired) electrons. The summed E-state index contributed by atoms with van der Waals surface area (Å²) in [5, 5.41) is 2.35. The summed E-state index contributed by atoms with van der Waals surface area (Å²) in [4.78, 5) is 7.01. The number of fused-ring (bicyclic) bond motifs is 7. The first-order valence-corrected chi connectivity index (χ1v) is 18.3. The third-order valence-corrected chi connectivity index (χ3v) is 12.1. The molecule has 2 saturated heterocycles. The van der Waals surface area contributed by atoms with E-state index >= 15 is 0 Å². The van der Waals surface area contributed by atoms with E-state index in [-0.39, 0.29) is 35.9 Å². The topological polar surface area (TPSA) is 30.9 Å². The maximum absolute atomic E-state index is 7.06. The number of rotatable bonds is 19. The zero-order chi connectivity index (χ0) is 30.3. The Morgan fingerprint density at radius 2 is 1.63 bits per heavy atom. The summed E-state index contributed by atoms with van der Waals surface area (Å²) in [6, 6.07) is 11.1. The number of allylic oxidation sites excluding steroid dienone is 1. The van der Waals surface area contributed by atoms with Crippen LogP contribution in [0.4, 0.5) is 0 Å². The van der Waals surface area contributed by atoms with E-state index in [1.54, 1.807) is 0 Å². The molecule has 242 valence electrons. The lowest BCUT2D eigenvalue weighted by Gasteiger charge is -2.38. The van der Waals surface area contributed by atoms with Crippen LogP contribution in [-0.4, -0.2) is 35.6 Å². The molecule has 2 aliphatic heterocycles. The molecule has 8 atom stereocenters. The highest BCUT2D eigenvalue weighted by Gasteiger charge is 2.73. The van der Waals surface area contributed by atoms with E-state index in [4.69, 9.17) is 14.3 Å². The molecule has 43 heavy (non-hydrogen) atoms. The lowest BCUT2D eigenvalue weighted by atomic mass is 9.70. The summed E-state index contributed by atoms with van der Waals surface area (Å²) < 4.78 is 13.8. The van der Waals surface area contributed by atoms with Crippen molar-refractivity contribution in [3.05, 3.63) is 48.0 Å². The van der Waals surface area contributed by atoms with Gasteiger partial charge in [-0.15, -0.1) is 0 Å². The predicted molar refractivity (Wildman–Crippen MR) is 177 cm³/mol. The van der Waals surface area contributed by atoms with Gasteiger partial charge in [0.15, 0.2) is 0 Å². The summed E-state index contributed by atoms with van der Waals surface area (Å²) in [6.07, 6.45) is 25.9. The van der Waals surface area contributed by atoms with E-state index in [1.807, 2.05) is 0 Å². The monoisotopic (exact) mass is 593 g/mol. The van der Waals surface area contributed by atoms with Crippen molar-refractivity contribution in [2.75, 3.05) is 0 Å². The first-order chi connectivity index (χ1) is 20.9. The molecule has 2 aliphatic carbocycles. The third-order valence-electron chi connectivity index (χ3n) is 12.1. The summed E-state index contributed by atoms with van der Waals surface area (Å²) in [7, 11) is 0. The standard InChI is InChI=1S/C39H63NO3/c1-6-8-10-12-13-14-15-16-20-24-31(41-29-30-22-18-17-19-23-30)28-34-32(25-21-11-9-7-2)37-40(43-34)35-33-26-27-39(5,36(35)42-37)38(33,3)4/h17-19,21-23,25,31-37H,6-16,20,24,26-29H2,1-5H3/b25-21-/t31-,32+,33-,34+,35-,36-,37+,39+/m1/s1. The molecule has 2 saturated carbocycles.